The molecule has 3 unspecified atom stereocenters. The molecule has 2 aromatic rings. The fourth-order valence-electron chi connectivity index (χ4n) is 7.27. The van der Waals surface area contributed by atoms with Gasteiger partial charge in [0, 0.05) is 25.3 Å². The third-order valence-corrected chi connectivity index (χ3v) is 8.73. The molecule has 1 heterocycles. The molecule has 1 amide bonds. The number of methoxy groups -OCH3 is 1. The van der Waals surface area contributed by atoms with Crippen LogP contribution in [0.25, 0.3) is 0 Å². The van der Waals surface area contributed by atoms with Crippen LogP contribution in [0.1, 0.15) is 42.0 Å². The van der Waals surface area contributed by atoms with Gasteiger partial charge in [-0.15, -0.1) is 0 Å². The average Bonchev–Trinajstić information content (AvgIpc) is 2.86. The quantitative estimate of drug-likeness (QED) is 0.543. The molecular weight excluding hydrogens is 509 g/mol. The fraction of sp³-hybridized carbons (Fsp3) is 0.483. The summed E-state index contributed by atoms with van der Waals surface area (Å²) in [6.45, 7) is 2.92. The van der Waals surface area contributed by atoms with E-state index in [1.807, 2.05) is 12.1 Å². The molecule has 2 saturated carbocycles. The van der Waals surface area contributed by atoms with E-state index in [9.17, 15) is 23.1 Å². The average molecular weight is 539 g/mol. The van der Waals surface area contributed by atoms with Crippen LogP contribution in [-0.2, 0) is 17.4 Å². The highest BCUT2D eigenvalue weighted by molar-refractivity contribution is 5.97. The number of rotatable bonds is 7. The molecule has 3 atom stereocenters. The second kappa shape index (κ2) is 9.55. The van der Waals surface area contributed by atoms with Crippen molar-refractivity contribution in [2.75, 3.05) is 32.1 Å². The van der Waals surface area contributed by atoms with Crippen LogP contribution in [0.5, 0.6) is 5.75 Å². The summed E-state index contributed by atoms with van der Waals surface area (Å²) in [6.07, 6.45) is -1.78. The second-order valence-corrected chi connectivity index (χ2v) is 11.4. The zero-order chi connectivity index (χ0) is 28.2. The van der Waals surface area contributed by atoms with Crippen molar-refractivity contribution in [3.8, 4) is 17.9 Å². The van der Waals surface area contributed by atoms with E-state index < -0.39 is 28.8 Å². The van der Waals surface area contributed by atoms with Crippen LogP contribution in [0, 0.1) is 45.8 Å². The second-order valence-electron chi connectivity index (χ2n) is 11.4. The largest absolute Gasteiger partial charge is 0.496 e. The van der Waals surface area contributed by atoms with Crippen molar-refractivity contribution in [2.45, 2.75) is 38.0 Å². The molecule has 0 spiro atoms. The van der Waals surface area contributed by atoms with Crippen LogP contribution in [0.4, 0.5) is 18.9 Å². The van der Waals surface area contributed by atoms with Crippen molar-refractivity contribution in [1.29, 1.82) is 10.5 Å². The first-order valence-electron chi connectivity index (χ1n) is 12.8. The molecule has 7 nitrogen and oxygen atoms in total. The Morgan fingerprint density at radius 2 is 1.85 bits per heavy atom. The number of amides is 1. The first-order chi connectivity index (χ1) is 18.4. The number of likely N-dealkylation sites (tertiary alicyclic amines) is 1. The molecule has 0 bridgehead atoms. The van der Waals surface area contributed by atoms with E-state index in [2.05, 4.69) is 16.3 Å². The Bertz CT molecular complexity index is 1380. The number of hydrogen-bond donors (Lipinski definition) is 2. The number of nitrogens with zero attached hydrogens (tertiary/aromatic N) is 3. The van der Waals surface area contributed by atoms with E-state index in [0.29, 0.717) is 29.4 Å². The van der Waals surface area contributed by atoms with Gasteiger partial charge in [0.15, 0.2) is 5.60 Å². The van der Waals surface area contributed by atoms with Crippen molar-refractivity contribution in [3.63, 3.8) is 0 Å². The standard InChI is InChI=1S/C29H29F3N4O3/c1-27(38,26(37)35-22-6-5-19(13-34)23(8-22)29(30,31)32)16-36-14-20-10-28(11-21(15-36)25(20)28)9-18-4-3-17(12-33)7-24(18)39-2/h3-8,20-21,25,38H,9-11,14-16H2,1-2H3,(H,35,37). The van der Waals surface area contributed by atoms with Gasteiger partial charge in [0.2, 0.25) is 0 Å². The van der Waals surface area contributed by atoms with E-state index in [4.69, 9.17) is 15.3 Å². The van der Waals surface area contributed by atoms with E-state index in [1.165, 1.54) is 19.1 Å². The summed E-state index contributed by atoms with van der Waals surface area (Å²) in [4.78, 5) is 14.9. The molecular formula is C29H29F3N4O3. The lowest BCUT2D eigenvalue weighted by Crippen LogP contribution is -2.70. The van der Waals surface area contributed by atoms with Crippen molar-refractivity contribution in [1.82, 2.24) is 4.90 Å². The first-order valence-corrected chi connectivity index (χ1v) is 12.8. The number of halogens is 3. The van der Waals surface area contributed by atoms with Gasteiger partial charge in [0.05, 0.1) is 35.9 Å². The molecule has 1 saturated heterocycles. The molecule has 39 heavy (non-hydrogen) atoms. The van der Waals surface area contributed by atoms with Gasteiger partial charge in [-0.2, -0.15) is 23.7 Å². The van der Waals surface area contributed by atoms with Crippen LogP contribution in [-0.4, -0.2) is 48.3 Å². The highest BCUT2D eigenvalue weighted by atomic mass is 19.4. The maximum Gasteiger partial charge on any atom is 0.417 e. The summed E-state index contributed by atoms with van der Waals surface area (Å²) in [7, 11) is 1.61. The zero-order valence-electron chi connectivity index (χ0n) is 21.7. The van der Waals surface area contributed by atoms with Crippen LogP contribution in [0.15, 0.2) is 36.4 Å². The van der Waals surface area contributed by atoms with Crippen molar-refractivity contribution in [3.05, 3.63) is 58.7 Å². The Hall–Kier alpha value is -3.60. The molecule has 2 aliphatic carbocycles. The van der Waals surface area contributed by atoms with Gasteiger partial charge in [-0.05, 0) is 85.3 Å². The molecule has 0 radical (unpaired) electrons. The van der Waals surface area contributed by atoms with E-state index in [-0.39, 0.29) is 17.6 Å². The number of nitrogens with one attached hydrogen (secondary N) is 1. The molecule has 1 aliphatic heterocycles. The normalized spacial score (nSPS) is 27.0. The van der Waals surface area contributed by atoms with E-state index in [0.717, 1.165) is 49.7 Å². The van der Waals surface area contributed by atoms with Crippen molar-refractivity contribution in [2.24, 2.45) is 23.2 Å². The van der Waals surface area contributed by atoms with Gasteiger partial charge in [-0.3, -0.25) is 9.69 Å². The Balaban J connectivity index is 1.20. The van der Waals surface area contributed by atoms with Gasteiger partial charge in [0.1, 0.15) is 5.75 Å². The maximum absolute atomic E-state index is 13.3. The highest BCUT2D eigenvalue weighted by Crippen LogP contribution is 2.70. The first kappa shape index (κ1) is 27.0. The Morgan fingerprint density at radius 1 is 1.15 bits per heavy atom. The predicted octanol–water partition coefficient (Wildman–Crippen LogP) is 4.35. The molecule has 3 aliphatic rings. The lowest BCUT2D eigenvalue weighted by molar-refractivity contribution is -0.226. The number of ether oxygens (including phenoxy) is 1. The van der Waals surface area contributed by atoms with Crippen LogP contribution in [0.3, 0.4) is 0 Å². The Labute approximate surface area is 224 Å². The summed E-state index contributed by atoms with van der Waals surface area (Å²) in [5.74, 6) is 1.40. The molecule has 2 N–H and O–H groups in total. The lowest BCUT2D eigenvalue weighted by atomic mass is 9.36. The van der Waals surface area contributed by atoms with Crippen LogP contribution < -0.4 is 10.1 Å². The molecule has 0 aromatic heterocycles. The molecule has 2 aromatic carbocycles. The predicted molar refractivity (Wildman–Crippen MR) is 135 cm³/mol. The lowest BCUT2D eigenvalue weighted by Gasteiger charge is -2.72. The Kier molecular flexibility index (Phi) is 6.61. The zero-order valence-corrected chi connectivity index (χ0v) is 21.7. The summed E-state index contributed by atoms with van der Waals surface area (Å²) in [5, 5.41) is 31.5. The number of piperidine rings is 1. The van der Waals surface area contributed by atoms with Gasteiger partial charge in [-0.25, -0.2) is 0 Å². The fourth-order valence-corrected chi connectivity index (χ4v) is 7.27. The number of alkyl halides is 3. The SMILES string of the molecule is COc1cc(C#N)ccc1CC12CC3CN(CC(C)(O)C(=O)Nc4ccc(C#N)c(C(F)(F)F)c4)CC(C1)C32. The molecule has 204 valence electrons. The van der Waals surface area contributed by atoms with Crippen LogP contribution >= 0.6 is 0 Å². The topological polar surface area (TPSA) is 109 Å². The van der Waals surface area contributed by atoms with Gasteiger partial charge >= 0.3 is 6.18 Å². The molecule has 10 heteroatoms. The summed E-state index contributed by atoms with van der Waals surface area (Å²) in [6, 6.07) is 12.2. The van der Waals surface area contributed by atoms with Crippen molar-refractivity contribution >= 4 is 11.6 Å². The number of benzene rings is 2. The van der Waals surface area contributed by atoms with E-state index >= 15 is 0 Å². The maximum atomic E-state index is 13.3. The highest BCUT2D eigenvalue weighted by Gasteiger charge is 2.66. The smallest absolute Gasteiger partial charge is 0.417 e. The van der Waals surface area contributed by atoms with Gasteiger partial charge in [-0.1, -0.05) is 6.07 Å². The number of β-amino-alcohol motifs (C(OH)–C–C–N with tert-alkyl or cyclic N) is 1. The molecule has 5 rings (SSSR count). The number of carbonyl (C=O) groups is 1. The summed E-state index contributed by atoms with van der Waals surface area (Å²) < 4.78 is 45.4. The third kappa shape index (κ3) is 4.84. The Morgan fingerprint density at radius 3 is 2.44 bits per heavy atom. The summed E-state index contributed by atoms with van der Waals surface area (Å²) >= 11 is 0. The molecule has 3 fully saturated rings. The number of anilines is 1. The third-order valence-electron chi connectivity index (χ3n) is 8.73. The minimum atomic E-state index is -4.75. The number of hydrogen-bond acceptors (Lipinski definition) is 6. The monoisotopic (exact) mass is 538 g/mol. The minimum absolute atomic E-state index is 0.0669. The number of carbonyl (C=O) groups excluding carboxylic acids is 1. The van der Waals surface area contributed by atoms with E-state index in [1.54, 1.807) is 13.2 Å². The van der Waals surface area contributed by atoms with Gasteiger partial charge < -0.3 is 15.2 Å². The van der Waals surface area contributed by atoms with Crippen LogP contribution in [0.2, 0.25) is 0 Å². The van der Waals surface area contributed by atoms with Crippen molar-refractivity contribution < 1.29 is 27.8 Å². The van der Waals surface area contributed by atoms with Gasteiger partial charge in [0.25, 0.3) is 5.91 Å². The minimum Gasteiger partial charge on any atom is -0.496 e. The summed E-state index contributed by atoms with van der Waals surface area (Å²) in [5.41, 5.74) is -1.74. The number of nitriles is 2. The number of aliphatic hydroxyl groups is 1.